The lowest BCUT2D eigenvalue weighted by molar-refractivity contribution is 0.680. The normalized spacial score (nSPS) is 20.2. The van der Waals surface area contributed by atoms with Crippen LogP contribution in [-0.2, 0) is 6.42 Å². The number of aryl methyl sites for hydroxylation is 1. The Morgan fingerprint density at radius 3 is 3.12 bits per heavy atom. The highest BCUT2D eigenvalue weighted by Gasteiger charge is 2.14. The summed E-state index contributed by atoms with van der Waals surface area (Å²) in [6.07, 6.45) is 4.43. The molecule has 2 rings (SSSR count). The Kier molecular flexibility index (Phi) is 4.92. The van der Waals surface area contributed by atoms with Crippen molar-refractivity contribution < 1.29 is 0 Å². The van der Waals surface area contributed by atoms with Crippen LogP contribution in [0.3, 0.4) is 0 Å². The van der Waals surface area contributed by atoms with Gasteiger partial charge in [-0.2, -0.15) is 11.8 Å². The highest BCUT2D eigenvalue weighted by Crippen LogP contribution is 2.21. The van der Waals surface area contributed by atoms with Crippen LogP contribution in [0.1, 0.15) is 32.0 Å². The molecule has 1 saturated heterocycles. The minimum Gasteiger partial charge on any atom is -0.366 e. The van der Waals surface area contributed by atoms with Crippen LogP contribution in [0.25, 0.3) is 0 Å². The van der Waals surface area contributed by atoms with Gasteiger partial charge < -0.3 is 5.32 Å². The van der Waals surface area contributed by atoms with Gasteiger partial charge in [0.2, 0.25) is 0 Å². The van der Waals surface area contributed by atoms with Crippen LogP contribution in [0, 0.1) is 0 Å². The zero-order chi connectivity index (χ0) is 12.1. The van der Waals surface area contributed by atoms with Gasteiger partial charge in [-0.05, 0) is 25.0 Å². The molecule has 2 heterocycles. The number of hydrogen-bond acceptors (Lipinski definition) is 4. The molecule has 1 aliphatic heterocycles. The standard InChI is InChI=1S/C12H18ClN3S/c1-2-4-11-15-10(13)7-12(16-11)14-9-5-3-6-17-8-9/h7,9H,2-6,8H2,1H3,(H,14,15,16). The lowest BCUT2D eigenvalue weighted by Crippen LogP contribution is -2.26. The van der Waals surface area contributed by atoms with E-state index in [1.165, 1.54) is 18.6 Å². The molecule has 17 heavy (non-hydrogen) atoms. The highest BCUT2D eigenvalue weighted by molar-refractivity contribution is 7.99. The number of halogens is 1. The van der Waals surface area contributed by atoms with Crippen molar-refractivity contribution >= 4 is 29.2 Å². The summed E-state index contributed by atoms with van der Waals surface area (Å²) in [5, 5.41) is 4.00. The minimum atomic E-state index is 0.522. The van der Waals surface area contributed by atoms with Crippen LogP contribution in [0.5, 0.6) is 0 Å². The summed E-state index contributed by atoms with van der Waals surface area (Å²) < 4.78 is 0. The van der Waals surface area contributed by atoms with Crippen molar-refractivity contribution in [1.82, 2.24) is 9.97 Å². The van der Waals surface area contributed by atoms with Gasteiger partial charge in [-0.1, -0.05) is 18.5 Å². The second kappa shape index (κ2) is 6.45. The Morgan fingerprint density at radius 2 is 2.41 bits per heavy atom. The lowest BCUT2D eigenvalue weighted by atomic mass is 10.2. The first kappa shape index (κ1) is 13.0. The molecule has 94 valence electrons. The van der Waals surface area contributed by atoms with Crippen LogP contribution in [0.2, 0.25) is 5.15 Å². The molecule has 0 spiro atoms. The van der Waals surface area contributed by atoms with Gasteiger partial charge in [-0.3, -0.25) is 0 Å². The predicted octanol–water partition coefficient (Wildman–Crippen LogP) is 3.39. The molecule has 1 unspecified atom stereocenters. The molecule has 5 heteroatoms. The molecular formula is C12H18ClN3S. The van der Waals surface area contributed by atoms with Crippen LogP contribution < -0.4 is 5.32 Å². The molecular weight excluding hydrogens is 254 g/mol. The fourth-order valence-corrected chi connectivity index (χ4v) is 3.21. The Hall–Kier alpha value is -0.480. The molecule has 0 aliphatic carbocycles. The summed E-state index contributed by atoms with van der Waals surface area (Å²) in [6, 6.07) is 2.34. The average Bonchev–Trinajstić information content (AvgIpc) is 2.30. The van der Waals surface area contributed by atoms with Gasteiger partial charge in [0.05, 0.1) is 0 Å². The Balaban J connectivity index is 2.03. The van der Waals surface area contributed by atoms with Crippen molar-refractivity contribution in [2.45, 2.75) is 38.6 Å². The van der Waals surface area contributed by atoms with Crippen LogP contribution in [-0.4, -0.2) is 27.5 Å². The quantitative estimate of drug-likeness (QED) is 0.852. The second-order valence-electron chi connectivity index (χ2n) is 4.30. The fourth-order valence-electron chi connectivity index (χ4n) is 1.94. The van der Waals surface area contributed by atoms with E-state index in [0.717, 1.165) is 30.2 Å². The third-order valence-electron chi connectivity index (χ3n) is 2.73. The molecule has 1 aliphatic rings. The number of aromatic nitrogens is 2. The van der Waals surface area contributed by atoms with Gasteiger partial charge in [0, 0.05) is 24.3 Å². The molecule has 1 aromatic rings. The average molecular weight is 272 g/mol. The van der Waals surface area contributed by atoms with Crippen molar-refractivity contribution in [1.29, 1.82) is 0 Å². The van der Waals surface area contributed by atoms with Gasteiger partial charge in [-0.15, -0.1) is 0 Å². The third kappa shape index (κ3) is 4.03. The number of nitrogens with one attached hydrogen (secondary N) is 1. The first-order valence-corrected chi connectivity index (χ1v) is 7.69. The van der Waals surface area contributed by atoms with Crippen molar-refractivity contribution in [3.05, 3.63) is 17.0 Å². The van der Waals surface area contributed by atoms with Crippen molar-refractivity contribution in [2.75, 3.05) is 16.8 Å². The Labute approximate surface area is 112 Å². The first-order chi connectivity index (χ1) is 8.28. The molecule has 0 aromatic carbocycles. The van der Waals surface area contributed by atoms with Gasteiger partial charge in [-0.25, -0.2) is 9.97 Å². The van der Waals surface area contributed by atoms with Crippen molar-refractivity contribution in [3.8, 4) is 0 Å². The molecule has 1 atom stereocenters. The summed E-state index contributed by atoms with van der Waals surface area (Å²) in [6.45, 7) is 2.12. The summed E-state index contributed by atoms with van der Waals surface area (Å²) >= 11 is 8.01. The highest BCUT2D eigenvalue weighted by atomic mass is 35.5. The predicted molar refractivity (Wildman–Crippen MR) is 75.0 cm³/mol. The minimum absolute atomic E-state index is 0.522. The number of thioether (sulfide) groups is 1. The van der Waals surface area contributed by atoms with E-state index in [-0.39, 0.29) is 0 Å². The zero-order valence-electron chi connectivity index (χ0n) is 10.1. The number of rotatable bonds is 4. The van der Waals surface area contributed by atoms with E-state index in [1.54, 1.807) is 0 Å². The van der Waals surface area contributed by atoms with E-state index < -0.39 is 0 Å². The monoisotopic (exact) mass is 271 g/mol. The van der Waals surface area contributed by atoms with E-state index in [0.29, 0.717) is 11.2 Å². The molecule has 0 saturated carbocycles. The van der Waals surface area contributed by atoms with E-state index in [9.17, 15) is 0 Å². The summed E-state index contributed by atoms with van der Waals surface area (Å²) in [7, 11) is 0. The maximum absolute atomic E-state index is 6.01. The number of anilines is 1. The largest absolute Gasteiger partial charge is 0.366 e. The van der Waals surface area contributed by atoms with Gasteiger partial charge >= 0.3 is 0 Å². The molecule has 1 aromatic heterocycles. The SMILES string of the molecule is CCCc1nc(Cl)cc(NC2CCCSC2)n1. The molecule has 0 bridgehead atoms. The van der Waals surface area contributed by atoms with Crippen molar-refractivity contribution in [2.24, 2.45) is 0 Å². The topological polar surface area (TPSA) is 37.8 Å². The van der Waals surface area contributed by atoms with E-state index in [4.69, 9.17) is 11.6 Å². The molecule has 0 radical (unpaired) electrons. The third-order valence-corrected chi connectivity index (χ3v) is 4.14. The fraction of sp³-hybridized carbons (Fsp3) is 0.667. The van der Waals surface area contributed by atoms with Gasteiger partial charge in [0.25, 0.3) is 0 Å². The first-order valence-electron chi connectivity index (χ1n) is 6.15. The Morgan fingerprint density at radius 1 is 1.53 bits per heavy atom. The number of nitrogens with zero attached hydrogens (tertiary/aromatic N) is 2. The molecule has 0 amide bonds. The molecule has 1 fully saturated rings. The van der Waals surface area contributed by atoms with Crippen LogP contribution in [0.4, 0.5) is 5.82 Å². The molecule has 3 nitrogen and oxygen atoms in total. The van der Waals surface area contributed by atoms with Gasteiger partial charge in [0.15, 0.2) is 0 Å². The summed E-state index contributed by atoms with van der Waals surface area (Å²) in [5.74, 6) is 4.15. The maximum Gasteiger partial charge on any atom is 0.134 e. The zero-order valence-corrected chi connectivity index (χ0v) is 11.7. The van der Waals surface area contributed by atoms with E-state index >= 15 is 0 Å². The van der Waals surface area contributed by atoms with E-state index in [2.05, 4.69) is 22.2 Å². The summed E-state index contributed by atoms with van der Waals surface area (Å²) in [4.78, 5) is 8.73. The Bertz CT molecular complexity index is 367. The number of hydrogen-bond donors (Lipinski definition) is 1. The van der Waals surface area contributed by atoms with Crippen LogP contribution in [0.15, 0.2) is 6.07 Å². The smallest absolute Gasteiger partial charge is 0.134 e. The molecule has 1 N–H and O–H groups in total. The maximum atomic E-state index is 6.01. The second-order valence-corrected chi connectivity index (χ2v) is 5.84. The van der Waals surface area contributed by atoms with Crippen molar-refractivity contribution in [3.63, 3.8) is 0 Å². The lowest BCUT2D eigenvalue weighted by Gasteiger charge is -2.23. The van der Waals surface area contributed by atoms with Gasteiger partial charge in [0.1, 0.15) is 16.8 Å². The van der Waals surface area contributed by atoms with E-state index in [1.807, 2.05) is 17.8 Å². The van der Waals surface area contributed by atoms with Crippen LogP contribution >= 0.6 is 23.4 Å². The summed E-state index contributed by atoms with van der Waals surface area (Å²) in [5.41, 5.74) is 0.